The summed E-state index contributed by atoms with van der Waals surface area (Å²) in [5.41, 5.74) is 9.98. The molecule has 2 aliphatic rings. The lowest BCUT2D eigenvalue weighted by molar-refractivity contribution is 0.551. The second-order valence-electron chi connectivity index (χ2n) is 10.8. The number of fused-ring (bicyclic) bond motifs is 6. The Balaban J connectivity index is 1.15. The van der Waals surface area contributed by atoms with Gasteiger partial charge in [-0.25, -0.2) is 0 Å². The van der Waals surface area contributed by atoms with E-state index in [9.17, 15) is 0 Å². The van der Waals surface area contributed by atoms with Gasteiger partial charge in [0.2, 0.25) is 0 Å². The van der Waals surface area contributed by atoms with Crippen LogP contribution in [0.5, 0.6) is 0 Å². The summed E-state index contributed by atoms with van der Waals surface area (Å²) in [6.07, 6.45) is 9.05. The Morgan fingerprint density at radius 2 is 1.13 bits per heavy atom. The van der Waals surface area contributed by atoms with E-state index in [0.29, 0.717) is 0 Å². The highest BCUT2D eigenvalue weighted by Gasteiger charge is 2.46. The number of benzene rings is 5. The van der Waals surface area contributed by atoms with Gasteiger partial charge in [-0.2, -0.15) is 0 Å². The molecule has 0 fully saturated rings. The van der Waals surface area contributed by atoms with Crippen LogP contribution in [-0.4, -0.2) is 10.6 Å². The minimum atomic E-state index is -0.0212. The molecule has 5 aromatic carbocycles. The van der Waals surface area contributed by atoms with Crippen LogP contribution < -0.4 is 4.90 Å². The molecule has 2 atom stereocenters. The Kier molecular flexibility index (Phi) is 4.75. The van der Waals surface area contributed by atoms with Crippen molar-refractivity contribution in [2.24, 2.45) is 0 Å². The zero-order chi connectivity index (χ0) is 26.0. The van der Waals surface area contributed by atoms with Crippen molar-refractivity contribution in [1.29, 1.82) is 0 Å². The molecular weight excluding hydrogens is 472 g/mol. The van der Waals surface area contributed by atoms with E-state index in [-0.39, 0.29) is 11.5 Å². The van der Waals surface area contributed by atoms with Crippen molar-refractivity contribution in [2.75, 3.05) is 4.90 Å². The molecule has 2 unspecified atom stereocenters. The SMILES string of the molecule is CC12C=CC=CC1N(c1ccc(-c3ccc(-n4c5ccccc5c5ccccc54)cc3)cc1)c1ccccc12. The molecule has 1 aliphatic heterocycles. The summed E-state index contributed by atoms with van der Waals surface area (Å²) in [5, 5.41) is 2.58. The highest BCUT2D eigenvalue weighted by molar-refractivity contribution is 6.09. The smallest absolute Gasteiger partial charge is 0.0655 e. The van der Waals surface area contributed by atoms with Gasteiger partial charge in [0.25, 0.3) is 0 Å². The van der Waals surface area contributed by atoms with E-state index < -0.39 is 0 Å². The number of allylic oxidation sites excluding steroid dienone is 2. The lowest BCUT2D eigenvalue weighted by Crippen LogP contribution is -2.39. The molecule has 186 valence electrons. The maximum atomic E-state index is 2.49. The van der Waals surface area contributed by atoms with Gasteiger partial charge in [0, 0.05) is 33.2 Å². The standard InChI is InChI=1S/C37H28N2/c1-37-25-9-8-16-36(37)39(35-15-7-4-12-32(35)37)29-23-19-27(20-24-29)26-17-21-28(22-18-26)38-33-13-5-2-10-30(33)31-11-3-6-14-34(31)38/h2-25,36H,1H3. The van der Waals surface area contributed by atoms with E-state index in [1.165, 1.54) is 55.6 Å². The highest BCUT2D eigenvalue weighted by atomic mass is 15.2. The van der Waals surface area contributed by atoms with Gasteiger partial charge >= 0.3 is 0 Å². The number of rotatable bonds is 3. The van der Waals surface area contributed by atoms with Gasteiger partial charge in [0.1, 0.15) is 0 Å². The Bertz CT molecular complexity index is 1870. The van der Waals surface area contributed by atoms with Gasteiger partial charge in [-0.3, -0.25) is 0 Å². The van der Waals surface area contributed by atoms with Crippen LogP contribution in [0.1, 0.15) is 12.5 Å². The van der Waals surface area contributed by atoms with Gasteiger partial charge in [0.15, 0.2) is 0 Å². The lowest BCUT2D eigenvalue weighted by Gasteiger charge is -2.34. The Morgan fingerprint density at radius 1 is 0.564 bits per heavy atom. The van der Waals surface area contributed by atoms with Crippen LogP contribution in [0, 0.1) is 0 Å². The van der Waals surface area contributed by atoms with E-state index >= 15 is 0 Å². The predicted molar refractivity (Wildman–Crippen MR) is 164 cm³/mol. The summed E-state index contributed by atoms with van der Waals surface area (Å²) < 4.78 is 2.37. The van der Waals surface area contributed by atoms with Gasteiger partial charge in [-0.1, -0.05) is 103 Å². The number of para-hydroxylation sites is 3. The Labute approximate surface area is 228 Å². The van der Waals surface area contributed by atoms with Crippen molar-refractivity contribution in [2.45, 2.75) is 18.4 Å². The van der Waals surface area contributed by atoms with Crippen LogP contribution in [0.2, 0.25) is 0 Å². The third-order valence-electron chi connectivity index (χ3n) is 8.67. The molecule has 1 aromatic heterocycles. The van der Waals surface area contributed by atoms with E-state index in [2.05, 4.69) is 162 Å². The van der Waals surface area contributed by atoms with Crippen molar-refractivity contribution >= 4 is 33.2 Å². The summed E-state index contributed by atoms with van der Waals surface area (Å²) in [6, 6.07) is 44.4. The average molecular weight is 501 g/mol. The summed E-state index contributed by atoms with van der Waals surface area (Å²) >= 11 is 0. The monoisotopic (exact) mass is 500 g/mol. The van der Waals surface area contributed by atoms with Gasteiger partial charge in [-0.15, -0.1) is 0 Å². The van der Waals surface area contributed by atoms with Crippen LogP contribution in [0.3, 0.4) is 0 Å². The summed E-state index contributed by atoms with van der Waals surface area (Å²) in [4.78, 5) is 2.49. The topological polar surface area (TPSA) is 8.17 Å². The summed E-state index contributed by atoms with van der Waals surface area (Å²) in [7, 11) is 0. The van der Waals surface area contributed by atoms with E-state index in [1.54, 1.807) is 0 Å². The molecule has 0 amide bonds. The third kappa shape index (κ3) is 3.21. The fourth-order valence-corrected chi connectivity index (χ4v) is 6.73. The largest absolute Gasteiger partial charge is 0.333 e. The fourth-order valence-electron chi connectivity index (χ4n) is 6.73. The van der Waals surface area contributed by atoms with Crippen LogP contribution in [-0.2, 0) is 5.41 Å². The first kappa shape index (κ1) is 22.2. The second-order valence-corrected chi connectivity index (χ2v) is 10.8. The second kappa shape index (κ2) is 8.34. The van der Waals surface area contributed by atoms with Gasteiger partial charge in [0.05, 0.1) is 17.1 Å². The maximum absolute atomic E-state index is 2.49. The fraction of sp³-hybridized carbons (Fsp3) is 0.0811. The molecule has 0 N–H and O–H groups in total. The predicted octanol–water partition coefficient (Wildman–Crippen LogP) is 9.35. The zero-order valence-corrected chi connectivity index (χ0v) is 21.8. The van der Waals surface area contributed by atoms with Gasteiger partial charge in [-0.05, 0) is 66.1 Å². The summed E-state index contributed by atoms with van der Waals surface area (Å²) in [5.74, 6) is 0. The Morgan fingerprint density at radius 3 is 1.79 bits per heavy atom. The van der Waals surface area contributed by atoms with E-state index in [1.807, 2.05) is 0 Å². The zero-order valence-electron chi connectivity index (χ0n) is 21.8. The van der Waals surface area contributed by atoms with E-state index in [0.717, 1.165) is 0 Å². The van der Waals surface area contributed by atoms with Crippen molar-refractivity contribution in [3.8, 4) is 16.8 Å². The number of hydrogen-bond donors (Lipinski definition) is 0. The normalized spacial score (nSPS) is 19.5. The quantitative estimate of drug-likeness (QED) is 0.235. The van der Waals surface area contributed by atoms with Crippen LogP contribution in [0.15, 0.2) is 146 Å². The molecular formula is C37H28N2. The van der Waals surface area contributed by atoms with Gasteiger partial charge < -0.3 is 9.47 Å². The minimum absolute atomic E-state index is 0.0212. The molecule has 6 aromatic rings. The summed E-state index contributed by atoms with van der Waals surface area (Å²) in [6.45, 7) is 2.35. The van der Waals surface area contributed by atoms with Crippen molar-refractivity contribution in [1.82, 2.24) is 4.57 Å². The molecule has 1 aliphatic carbocycles. The van der Waals surface area contributed by atoms with E-state index in [4.69, 9.17) is 0 Å². The number of aromatic nitrogens is 1. The molecule has 2 heterocycles. The van der Waals surface area contributed by atoms with Crippen LogP contribution in [0.25, 0.3) is 38.6 Å². The number of anilines is 2. The number of hydrogen-bond acceptors (Lipinski definition) is 1. The van der Waals surface area contributed by atoms with Crippen molar-refractivity contribution < 1.29 is 0 Å². The molecule has 8 rings (SSSR count). The van der Waals surface area contributed by atoms with Crippen LogP contribution >= 0.6 is 0 Å². The molecule has 0 spiro atoms. The highest BCUT2D eigenvalue weighted by Crippen LogP contribution is 2.51. The first-order valence-corrected chi connectivity index (χ1v) is 13.7. The molecule has 0 saturated carbocycles. The Hall–Kier alpha value is -4.82. The van der Waals surface area contributed by atoms with Crippen LogP contribution in [0.4, 0.5) is 11.4 Å². The lowest BCUT2D eigenvalue weighted by atomic mass is 9.76. The molecule has 2 heteroatoms. The first-order chi connectivity index (χ1) is 19.2. The molecule has 0 saturated heterocycles. The molecule has 39 heavy (non-hydrogen) atoms. The molecule has 0 bridgehead atoms. The minimum Gasteiger partial charge on any atom is -0.333 e. The molecule has 0 radical (unpaired) electrons. The third-order valence-corrected chi connectivity index (χ3v) is 8.67. The van der Waals surface area contributed by atoms with Crippen molar-refractivity contribution in [3.05, 3.63) is 151 Å². The average Bonchev–Trinajstić information content (AvgIpc) is 3.47. The maximum Gasteiger partial charge on any atom is 0.0655 e. The molecule has 2 nitrogen and oxygen atoms in total. The number of nitrogens with zero attached hydrogens (tertiary/aromatic N) is 2. The first-order valence-electron chi connectivity index (χ1n) is 13.7. The van der Waals surface area contributed by atoms with Crippen molar-refractivity contribution in [3.63, 3.8) is 0 Å².